The van der Waals surface area contributed by atoms with Crippen molar-refractivity contribution in [3.05, 3.63) is 90.4 Å². The smallest absolute Gasteiger partial charge is 0.253 e. The van der Waals surface area contributed by atoms with Gasteiger partial charge >= 0.3 is 0 Å². The SMILES string of the molecule is Cc1cnc(Cn2cnc3c(N4CCC(NC(=O)c5ccc(-c6cccc(F)c6)nc5)CC4)ncnc32)cn1. The maximum atomic E-state index is 13.5. The van der Waals surface area contributed by atoms with E-state index in [4.69, 9.17) is 0 Å². The van der Waals surface area contributed by atoms with Crippen LogP contribution >= 0.6 is 0 Å². The van der Waals surface area contributed by atoms with Crippen molar-refractivity contribution in [2.75, 3.05) is 18.0 Å². The molecule has 5 aromatic rings. The number of nitrogens with one attached hydrogen (secondary N) is 1. The summed E-state index contributed by atoms with van der Waals surface area (Å²) < 4.78 is 15.5. The average Bonchev–Trinajstić information content (AvgIpc) is 3.37. The van der Waals surface area contributed by atoms with Gasteiger partial charge in [-0.3, -0.25) is 19.7 Å². The number of benzene rings is 1. The fraction of sp³-hybridized carbons (Fsp3) is 0.250. The third-order valence-corrected chi connectivity index (χ3v) is 6.82. The fourth-order valence-electron chi connectivity index (χ4n) is 4.74. The van der Waals surface area contributed by atoms with Crippen molar-refractivity contribution in [2.45, 2.75) is 32.4 Å². The molecule has 6 rings (SSSR count). The van der Waals surface area contributed by atoms with E-state index >= 15 is 0 Å². The monoisotopic (exact) mass is 523 g/mol. The lowest BCUT2D eigenvalue weighted by atomic mass is 10.0. The van der Waals surface area contributed by atoms with Gasteiger partial charge in [-0.15, -0.1) is 0 Å². The van der Waals surface area contributed by atoms with Crippen molar-refractivity contribution in [3.63, 3.8) is 0 Å². The van der Waals surface area contributed by atoms with E-state index in [-0.39, 0.29) is 17.8 Å². The number of halogens is 1. The molecule has 0 spiro atoms. The Balaban J connectivity index is 1.08. The van der Waals surface area contributed by atoms with E-state index < -0.39 is 0 Å². The molecule has 4 aromatic heterocycles. The largest absolute Gasteiger partial charge is 0.355 e. The van der Waals surface area contributed by atoms with Gasteiger partial charge in [0.15, 0.2) is 17.0 Å². The Morgan fingerprint density at radius 3 is 2.62 bits per heavy atom. The van der Waals surface area contributed by atoms with Crippen molar-refractivity contribution >= 4 is 22.9 Å². The maximum absolute atomic E-state index is 13.5. The van der Waals surface area contributed by atoms with Gasteiger partial charge in [0.2, 0.25) is 0 Å². The van der Waals surface area contributed by atoms with Gasteiger partial charge in [0.05, 0.1) is 41.7 Å². The zero-order valence-electron chi connectivity index (χ0n) is 21.3. The molecule has 1 fully saturated rings. The summed E-state index contributed by atoms with van der Waals surface area (Å²) >= 11 is 0. The van der Waals surface area contributed by atoms with Gasteiger partial charge in [-0.05, 0) is 44.0 Å². The van der Waals surface area contributed by atoms with Crippen molar-refractivity contribution in [1.82, 2.24) is 39.8 Å². The number of hydrogen-bond acceptors (Lipinski definition) is 8. The molecule has 5 heterocycles. The number of nitrogens with zero attached hydrogens (tertiary/aromatic N) is 8. The number of carbonyl (C=O) groups excluding carboxylic acids is 1. The number of aryl methyl sites for hydroxylation is 1. The highest BCUT2D eigenvalue weighted by Crippen LogP contribution is 2.25. The highest BCUT2D eigenvalue weighted by molar-refractivity contribution is 5.94. The highest BCUT2D eigenvalue weighted by atomic mass is 19.1. The molecule has 0 atom stereocenters. The first-order chi connectivity index (χ1) is 19.0. The summed E-state index contributed by atoms with van der Waals surface area (Å²) in [5.41, 5.74) is 4.94. The first-order valence-corrected chi connectivity index (χ1v) is 12.7. The molecule has 1 amide bonds. The molecule has 1 N–H and O–H groups in total. The molecule has 0 unspecified atom stereocenters. The zero-order chi connectivity index (χ0) is 26.8. The predicted molar refractivity (Wildman–Crippen MR) is 144 cm³/mol. The number of anilines is 1. The Bertz CT molecular complexity index is 1610. The van der Waals surface area contributed by atoms with Crippen molar-refractivity contribution in [3.8, 4) is 11.3 Å². The van der Waals surface area contributed by atoms with Gasteiger partial charge in [-0.2, -0.15) is 0 Å². The zero-order valence-corrected chi connectivity index (χ0v) is 21.3. The first-order valence-electron chi connectivity index (χ1n) is 12.7. The average molecular weight is 524 g/mol. The van der Waals surface area contributed by atoms with Crippen LogP contribution < -0.4 is 10.2 Å². The number of imidazole rings is 1. The number of pyridine rings is 1. The Morgan fingerprint density at radius 1 is 1.00 bits per heavy atom. The van der Waals surface area contributed by atoms with E-state index in [2.05, 4.69) is 40.1 Å². The van der Waals surface area contributed by atoms with Crippen LogP contribution in [0.4, 0.5) is 10.2 Å². The number of carbonyl (C=O) groups is 1. The molecular formula is C28H26FN9O. The molecule has 1 aliphatic rings. The van der Waals surface area contributed by atoms with Crippen LogP contribution in [-0.2, 0) is 6.54 Å². The molecule has 0 bridgehead atoms. The molecular weight excluding hydrogens is 497 g/mol. The number of fused-ring (bicyclic) bond motifs is 1. The van der Waals surface area contributed by atoms with Crippen LogP contribution in [0.15, 0.2) is 67.6 Å². The Morgan fingerprint density at radius 2 is 1.87 bits per heavy atom. The van der Waals surface area contributed by atoms with Gasteiger partial charge < -0.3 is 14.8 Å². The number of piperidine rings is 1. The number of hydrogen-bond donors (Lipinski definition) is 1. The number of rotatable bonds is 6. The van der Waals surface area contributed by atoms with Gasteiger partial charge in [0.1, 0.15) is 12.1 Å². The van der Waals surface area contributed by atoms with Gasteiger partial charge in [-0.1, -0.05) is 12.1 Å². The summed E-state index contributed by atoms with van der Waals surface area (Å²) in [7, 11) is 0. The summed E-state index contributed by atoms with van der Waals surface area (Å²) in [6.45, 7) is 3.88. The maximum Gasteiger partial charge on any atom is 0.253 e. The van der Waals surface area contributed by atoms with E-state index in [9.17, 15) is 9.18 Å². The molecule has 0 aliphatic carbocycles. The minimum absolute atomic E-state index is 0.0339. The van der Waals surface area contributed by atoms with Gasteiger partial charge in [-0.25, -0.2) is 19.3 Å². The predicted octanol–water partition coefficient (Wildman–Crippen LogP) is 3.57. The van der Waals surface area contributed by atoms with Crippen molar-refractivity contribution < 1.29 is 9.18 Å². The van der Waals surface area contributed by atoms with Crippen LogP contribution in [0.3, 0.4) is 0 Å². The van der Waals surface area contributed by atoms with E-state index in [1.165, 1.54) is 18.3 Å². The molecule has 0 radical (unpaired) electrons. The molecule has 10 nitrogen and oxygen atoms in total. The van der Waals surface area contributed by atoms with E-state index in [1.807, 2.05) is 11.5 Å². The van der Waals surface area contributed by atoms with Gasteiger partial charge in [0.25, 0.3) is 5.91 Å². The summed E-state index contributed by atoms with van der Waals surface area (Å²) in [4.78, 5) is 41.7. The van der Waals surface area contributed by atoms with E-state index in [1.54, 1.807) is 49.3 Å². The summed E-state index contributed by atoms with van der Waals surface area (Å²) in [5, 5.41) is 3.12. The molecule has 0 saturated carbocycles. The Labute approximate surface area is 224 Å². The lowest BCUT2D eigenvalue weighted by Gasteiger charge is -2.33. The standard InChI is InChI=1S/C28H26FN9O/c1-18-12-31-23(14-30-18)15-38-17-35-25-26(33-16-34-27(25)38)37-9-7-22(8-10-37)36-28(39)20-5-6-24(32-13-20)19-3-2-4-21(29)11-19/h2-6,11-14,16-17,22H,7-10,15H2,1H3,(H,36,39). The van der Waals surface area contributed by atoms with Crippen molar-refractivity contribution in [2.24, 2.45) is 0 Å². The van der Waals surface area contributed by atoms with Crippen LogP contribution in [0, 0.1) is 12.7 Å². The van der Waals surface area contributed by atoms with Crippen LogP contribution in [0.25, 0.3) is 22.4 Å². The third-order valence-electron chi connectivity index (χ3n) is 6.82. The quantitative estimate of drug-likeness (QED) is 0.359. The molecule has 1 saturated heterocycles. The normalized spacial score (nSPS) is 14.1. The summed E-state index contributed by atoms with van der Waals surface area (Å²) in [6, 6.07) is 9.71. The van der Waals surface area contributed by atoms with Crippen LogP contribution in [-0.4, -0.2) is 59.5 Å². The second kappa shape index (κ2) is 10.5. The lowest BCUT2D eigenvalue weighted by Crippen LogP contribution is -2.45. The molecule has 196 valence electrons. The minimum Gasteiger partial charge on any atom is -0.355 e. The minimum atomic E-state index is -0.324. The first kappa shape index (κ1) is 24.5. The van der Waals surface area contributed by atoms with Crippen molar-refractivity contribution in [1.29, 1.82) is 0 Å². The van der Waals surface area contributed by atoms with Crippen LogP contribution in [0.2, 0.25) is 0 Å². The lowest BCUT2D eigenvalue weighted by molar-refractivity contribution is 0.0930. The summed E-state index contributed by atoms with van der Waals surface area (Å²) in [6.07, 6.45) is 9.89. The van der Waals surface area contributed by atoms with Gasteiger partial charge in [0, 0.05) is 37.1 Å². The molecule has 1 aromatic carbocycles. The molecule has 1 aliphatic heterocycles. The van der Waals surface area contributed by atoms with Crippen LogP contribution in [0.5, 0.6) is 0 Å². The second-order valence-electron chi connectivity index (χ2n) is 9.57. The Kier molecular flexibility index (Phi) is 6.62. The van der Waals surface area contributed by atoms with Crippen LogP contribution in [0.1, 0.15) is 34.6 Å². The number of amides is 1. The molecule has 11 heteroatoms. The fourth-order valence-corrected chi connectivity index (χ4v) is 4.74. The Hall–Kier alpha value is -4.80. The van der Waals surface area contributed by atoms with E-state index in [0.29, 0.717) is 23.4 Å². The number of aromatic nitrogens is 7. The summed E-state index contributed by atoms with van der Waals surface area (Å²) in [5.74, 6) is 0.292. The topological polar surface area (TPSA) is 115 Å². The third kappa shape index (κ3) is 5.28. The second-order valence-corrected chi connectivity index (χ2v) is 9.57. The highest BCUT2D eigenvalue weighted by Gasteiger charge is 2.24. The van der Waals surface area contributed by atoms with E-state index in [0.717, 1.165) is 54.3 Å². The molecule has 39 heavy (non-hydrogen) atoms.